The highest BCUT2D eigenvalue weighted by atomic mass is 19.1. The number of halogens is 1. The molecular weight excluding hydrogens is 339 g/mol. The van der Waals surface area contributed by atoms with Gasteiger partial charge in [0.05, 0.1) is 6.10 Å². The van der Waals surface area contributed by atoms with Crippen LogP contribution in [0.25, 0.3) is 0 Å². The lowest BCUT2D eigenvalue weighted by atomic mass is 9.89. The number of aliphatic hydroxyl groups excluding tert-OH is 1. The quantitative estimate of drug-likeness (QED) is 0.591. The van der Waals surface area contributed by atoms with Crippen molar-refractivity contribution in [2.45, 2.75) is 50.3 Å². The van der Waals surface area contributed by atoms with Crippen molar-refractivity contribution in [1.29, 1.82) is 0 Å². The molecule has 1 amide bonds. The number of benzene rings is 1. The van der Waals surface area contributed by atoms with Crippen molar-refractivity contribution in [1.82, 2.24) is 10.2 Å². The third-order valence-electron chi connectivity index (χ3n) is 4.28. The number of anilines is 1. The van der Waals surface area contributed by atoms with Gasteiger partial charge in [-0.25, -0.2) is 4.39 Å². The minimum Gasteiger partial charge on any atom is -0.408 e. The molecule has 1 radical (unpaired) electrons. The van der Waals surface area contributed by atoms with Crippen molar-refractivity contribution in [3.63, 3.8) is 0 Å². The zero-order valence-corrected chi connectivity index (χ0v) is 14.6. The molecule has 0 saturated carbocycles. The van der Waals surface area contributed by atoms with Crippen LogP contribution in [-0.2, 0) is 11.2 Å². The minimum absolute atomic E-state index is 0.106. The topological polar surface area (TPSA) is 128 Å². The van der Waals surface area contributed by atoms with E-state index in [0.717, 1.165) is 12.5 Å². The van der Waals surface area contributed by atoms with E-state index in [-0.39, 0.29) is 31.2 Å². The average molecular weight is 363 g/mol. The first kappa shape index (κ1) is 19.8. The molecule has 2 rings (SSSR count). The maximum Gasteiger partial charge on any atom is 0.312 e. The second-order valence-electron chi connectivity index (χ2n) is 6.50. The summed E-state index contributed by atoms with van der Waals surface area (Å²) in [4.78, 5) is 11.2. The third-order valence-corrected chi connectivity index (χ3v) is 4.28. The van der Waals surface area contributed by atoms with E-state index < -0.39 is 23.6 Å². The molecule has 7 nitrogen and oxygen atoms in total. The molecule has 8 heteroatoms. The van der Waals surface area contributed by atoms with Gasteiger partial charge in [-0.15, -0.1) is 5.10 Å². The Bertz CT molecular complexity index is 705. The zero-order chi connectivity index (χ0) is 19.2. The smallest absolute Gasteiger partial charge is 0.312 e. The second kappa shape index (κ2) is 8.75. The highest BCUT2D eigenvalue weighted by Crippen LogP contribution is 2.31. The number of carbonyl (C=O) groups excluding carboxylic acids is 1. The molecule has 0 aliphatic heterocycles. The maximum atomic E-state index is 14.2. The number of primary amides is 1. The lowest BCUT2D eigenvalue weighted by Crippen LogP contribution is -2.37. The third kappa shape index (κ3) is 5.80. The highest BCUT2D eigenvalue weighted by molar-refractivity contribution is 5.82. The number of hydrogen-bond donors (Lipinski definition) is 3. The van der Waals surface area contributed by atoms with Crippen molar-refractivity contribution < 1.29 is 18.7 Å². The second-order valence-corrected chi connectivity index (χ2v) is 6.50. The van der Waals surface area contributed by atoms with Gasteiger partial charge in [-0.3, -0.25) is 4.79 Å². The largest absolute Gasteiger partial charge is 0.408 e. The van der Waals surface area contributed by atoms with Crippen molar-refractivity contribution in [3.05, 3.63) is 48.2 Å². The predicted molar refractivity (Wildman–Crippen MR) is 94.5 cm³/mol. The van der Waals surface area contributed by atoms with Crippen LogP contribution < -0.4 is 11.5 Å². The summed E-state index contributed by atoms with van der Waals surface area (Å²) in [7, 11) is 0. The van der Waals surface area contributed by atoms with Crippen molar-refractivity contribution in [3.8, 4) is 0 Å². The highest BCUT2D eigenvalue weighted by Gasteiger charge is 2.33. The van der Waals surface area contributed by atoms with Crippen LogP contribution in [-0.4, -0.2) is 33.0 Å². The van der Waals surface area contributed by atoms with E-state index in [9.17, 15) is 14.3 Å². The zero-order valence-electron chi connectivity index (χ0n) is 14.6. The number of rotatable bonds is 10. The first-order valence-electron chi connectivity index (χ1n) is 8.41. The molecule has 0 saturated heterocycles. The number of amides is 1. The fraction of sp³-hybridized carbons (Fsp3) is 0.444. The number of hydrogen-bond acceptors (Lipinski definition) is 6. The van der Waals surface area contributed by atoms with Gasteiger partial charge in [0.2, 0.25) is 5.89 Å². The van der Waals surface area contributed by atoms with Crippen LogP contribution in [0.15, 0.2) is 34.7 Å². The number of nitrogens with two attached hydrogens (primary N) is 2. The Hall–Kier alpha value is -2.48. The number of aliphatic hydroxyl groups is 1. The van der Waals surface area contributed by atoms with Crippen LogP contribution in [0.1, 0.15) is 43.6 Å². The molecule has 0 fully saturated rings. The Balaban J connectivity index is 1.98. The lowest BCUT2D eigenvalue weighted by Gasteiger charge is -2.21. The molecule has 0 aliphatic carbocycles. The lowest BCUT2D eigenvalue weighted by molar-refractivity contribution is -0.128. The molecule has 0 bridgehead atoms. The van der Waals surface area contributed by atoms with E-state index in [4.69, 9.17) is 15.9 Å². The van der Waals surface area contributed by atoms with Gasteiger partial charge < -0.3 is 21.0 Å². The van der Waals surface area contributed by atoms with Crippen molar-refractivity contribution in [2.24, 2.45) is 5.73 Å². The first-order valence-corrected chi connectivity index (χ1v) is 8.41. The fourth-order valence-corrected chi connectivity index (χ4v) is 2.60. The molecule has 1 aromatic heterocycles. The first-order chi connectivity index (χ1) is 12.3. The monoisotopic (exact) mass is 363 g/mol. The van der Waals surface area contributed by atoms with Crippen LogP contribution in [0.5, 0.6) is 0 Å². The number of aromatic nitrogens is 2. The normalized spacial score (nSPS) is 16.0. The molecule has 26 heavy (non-hydrogen) atoms. The van der Waals surface area contributed by atoms with Gasteiger partial charge in [-0.2, -0.15) is 0 Å². The Morgan fingerprint density at radius 2 is 2.08 bits per heavy atom. The Morgan fingerprint density at radius 3 is 2.65 bits per heavy atom. The molecule has 1 heterocycles. The molecule has 0 spiro atoms. The summed E-state index contributed by atoms with van der Waals surface area (Å²) in [5.41, 5.74) is 9.44. The Labute approximate surface area is 151 Å². The minimum atomic E-state index is -2.15. The molecule has 1 aromatic carbocycles. The van der Waals surface area contributed by atoms with Gasteiger partial charge in [0.25, 0.3) is 5.91 Å². The summed E-state index contributed by atoms with van der Waals surface area (Å²) < 4.78 is 19.4. The standard InChI is InChI=1S/C18H24FN4O3/c1-18(19,16(20)25)10-9-13(15-22-23-17(21)26-15)11-14(24)8-7-12-5-3-2-4-6-12/h2-6,8,13-14,24H,7,9-11H2,1H3,(H2,20,25)(H2,21,23). The summed E-state index contributed by atoms with van der Waals surface area (Å²) in [5, 5.41) is 17.8. The van der Waals surface area contributed by atoms with E-state index in [1.165, 1.54) is 0 Å². The molecule has 5 N–H and O–H groups in total. The summed E-state index contributed by atoms with van der Waals surface area (Å²) in [6.07, 6.45) is 1.89. The van der Waals surface area contributed by atoms with Crippen LogP contribution in [0, 0.1) is 6.42 Å². The molecule has 0 aliphatic rings. The number of alkyl halides is 1. The van der Waals surface area contributed by atoms with Crippen LogP contribution in [0.2, 0.25) is 0 Å². The van der Waals surface area contributed by atoms with Gasteiger partial charge in [-0.1, -0.05) is 35.4 Å². The number of nitrogen functional groups attached to an aromatic ring is 1. The SMILES string of the molecule is CC(F)(CCC(CC(O)[CH]Cc1ccccc1)c1nnc(N)o1)C(N)=O. The number of carbonyl (C=O) groups is 1. The molecule has 3 atom stereocenters. The van der Waals surface area contributed by atoms with Gasteiger partial charge >= 0.3 is 6.01 Å². The van der Waals surface area contributed by atoms with Crippen molar-refractivity contribution in [2.75, 3.05) is 5.73 Å². The predicted octanol–water partition coefficient (Wildman–Crippen LogP) is 1.93. The molecule has 3 unspecified atom stereocenters. The molecule has 2 aromatic rings. The van der Waals surface area contributed by atoms with E-state index in [1.54, 1.807) is 6.42 Å². The summed E-state index contributed by atoms with van der Waals surface area (Å²) in [6, 6.07) is 9.58. The van der Waals surface area contributed by atoms with E-state index >= 15 is 0 Å². The van der Waals surface area contributed by atoms with Gasteiger partial charge in [-0.05, 0) is 44.6 Å². The van der Waals surface area contributed by atoms with Crippen LogP contribution >= 0.6 is 0 Å². The fourth-order valence-electron chi connectivity index (χ4n) is 2.60. The van der Waals surface area contributed by atoms with E-state index in [2.05, 4.69) is 10.2 Å². The average Bonchev–Trinajstić information content (AvgIpc) is 3.04. The van der Waals surface area contributed by atoms with E-state index in [1.807, 2.05) is 30.3 Å². The number of nitrogens with zero attached hydrogens (tertiary/aromatic N) is 2. The van der Waals surface area contributed by atoms with Gasteiger partial charge in [0.15, 0.2) is 5.67 Å². The Morgan fingerprint density at radius 1 is 1.38 bits per heavy atom. The summed E-state index contributed by atoms with van der Waals surface area (Å²) in [5.74, 6) is -1.27. The molecular formula is C18H24FN4O3. The molecule has 141 valence electrons. The summed E-state index contributed by atoms with van der Waals surface area (Å²) in [6.45, 7) is 1.13. The van der Waals surface area contributed by atoms with Crippen molar-refractivity contribution >= 4 is 11.9 Å². The van der Waals surface area contributed by atoms with Gasteiger partial charge in [0.1, 0.15) is 0 Å². The van der Waals surface area contributed by atoms with Gasteiger partial charge in [0, 0.05) is 5.92 Å². The summed E-state index contributed by atoms with van der Waals surface area (Å²) >= 11 is 0. The maximum absolute atomic E-state index is 14.2. The van der Waals surface area contributed by atoms with Crippen LogP contribution in [0.3, 0.4) is 0 Å². The van der Waals surface area contributed by atoms with E-state index in [0.29, 0.717) is 6.42 Å². The van der Waals surface area contributed by atoms with Crippen LogP contribution in [0.4, 0.5) is 10.4 Å². The Kier molecular flexibility index (Phi) is 6.68.